The molecule has 1 aliphatic heterocycles. The first kappa shape index (κ1) is 21.5. The highest BCUT2D eigenvalue weighted by Gasteiger charge is 2.40. The third-order valence-corrected chi connectivity index (χ3v) is 5.57. The Morgan fingerprint density at radius 3 is 2.22 bits per heavy atom. The van der Waals surface area contributed by atoms with Crippen LogP contribution >= 0.6 is 0 Å². The van der Waals surface area contributed by atoms with Crippen molar-refractivity contribution in [3.63, 3.8) is 0 Å². The van der Waals surface area contributed by atoms with Crippen LogP contribution in [0.15, 0.2) is 42.6 Å². The monoisotopic (exact) mass is 435 g/mol. The van der Waals surface area contributed by atoms with Crippen molar-refractivity contribution < 1.29 is 23.8 Å². The molecule has 2 N–H and O–H groups in total. The summed E-state index contributed by atoms with van der Waals surface area (Å²) >= 11 is 0. The van der Waals surface area contributed by atoms with Gasteiger partial charge in [0.25, 0.3) is 11.8 Å². The fraction of sp³-hybridized carbons (Fsp3) is 0.250. The number of imide groups is 1. The summed E-state index contributed by atoms with van der Waals surface area (Å²) < 4.78 is 16.4. The lowest BCUT2D eigenvalue weighted by Crippen LogP contribution is -2.36. The molecule has 0 saturated heterocycles. The molecule has 2 aromatic carbocycles. The van der Waals surface area contributed by atoms with Crippen LogP contribution in [0.3, 0.4) is 0 Å². The van der Waals surface area contributed by atoms with Gasteiger partial charge >= 0.3 is 0 Å². The molecule has 0 spiro atoms. The van der Waals surface area contributed by atoms with Crippen molar-refractivity contribution >= 4 is 33.9 Å². The summed E-state index contributed by atoms with van der Waals surface area (Å²) in [6, 6.07) is 11.1. The molecule has 0 radical (unpaired) electrons. The predicted octanol–water partition coefficient (Wildman–Crippen LogP) is 2.69. The Hall–Kier alpha value is -3.78. The summed E-state index contributed by atoms with van der Waals surface area (Å²) in [5.41, 5.74) is 2.72. The zero-order valence-electron chi connectivity index (χ0n) is 18.4. The Bertz CT molecular complexity index is 1200. The molecule has 2 heterocycles. The van der Waals surface area contributed by atoms with Crippen molar-refractivity contribution in [2.24, 2.45) is 0 Å². The number of aromatic amines is 1. The van der Waals surface area contributed by atoms with Crippen molar-refractivity contribution in [1.82, 2.24) is 15.2 Å². The molecular formula is C24H25N3O5. The maximum atomic E-state index is 13.5. The number of H-pyrrole nitrogens is 1. The van der Waals surface area contributed by atoms with Crippen LogP contribution in [0.5, 0.6) is 17.2 Å². The predicted molar refractivity (Wildman–Crippen MR) is 122 cm³/mol. The number of nitrogens with one attached hydrogen (secondary N) is 2. The molecular weight excluding hydrogens is 410 g/mol. The summed E-state index contributed by atoms with van der Waals surface area (Å²) in [6.07, 6.45) is 1.77. The minimum Gasteiger partial charge on any atom is -0.493 e. The van der Waals surface area contributed by atoms with Gasteiger partial charge in [0.05, 0.1) is 32.5 Å². The molecule has 0 aliphatic carbocycles. The summed E-state index contributed by atoms with van der Waals surface area (Å²) in [4.78, 5) is 31.5. The van der Waals surface area contributed by atoms with Crippen LogP contribution in [0.2, 0.25) is 0 Å². The molecule has 8 nitrogen and oxygen atoms in total. The van der Waals surface area contributed by atoms with Crippen LogP contribution in [0, 0.1) is 0 Å². The van der Waals surface area contributed by atoms with Gasteiger partial charge in [-0.2, -0.15) is 0 Å². The Labute approximate surface area is 185 Å². The van der Waals surface area contributed by atoms with E-state index in [4.69, 9.17) is 14.2 Å². The van der Waals surface area contributed by atoms with Crippen LogP contribution < -0.4 is 19.5 Å². The second kappa shape index (κ2) is 8.76. The molecule has 166 valence electrons. The topological polar surface area (TPSA) is 92.9 Å². The number of rotatable bonds is 8. The Kier molecular flexibility index (Phi) is 5.87. The Morgan fingerprint density at radius 2 is 1.59 bits per heavy atom. The average molecular weight is 435 g/mol. The molecule has 0 saturated carbocycles. The van der Waals surface area contributed by atoms with Gasteiger partial charge < -0.3 is 24.5 Å². The minimum absolute atomic E-state index is 0.258. The first-order valence-electron chi connectivity index (χ1n) is 10.2. The lowest BCUT2D eigenvalue weighted by atomic mass is 9.95. The number of amides is 2. The molecule has 4 rings (SSSR count). The minimum atomic E-state index is -0.361. The number of hydrogen-bond donors (Lipinski definition) is 2. The van der Waals surface area contributed by atoms with E-state index < -0.39 is 0 Å². The summed E-state index contributed by atoms with van der Waals surface area (Å²) in [5, 5.41) is 3.86. The molecule has 1 aromatic heterocycles. The quantitative estimate of drug-likeness (QED) is 0.529. The summed E-state index contributed by atoms with van der Waals surface area (Å²) in [7, 11) is 6.31. The fourth-order valence-corrected chi connectivity index (χ4v) is 4.02. The lowest BCUT2D eigenvalue weighted by Gasteiger charge is -2.16. The van der Waals surface area contributed by atoms with Gasteiger partial charge in [-0.15, -0.1) is 0 Å². The Morgan fingerprint density at radius 1 is 0.938 bits per heavy atom. The summed E-state index contributed by atoms with van der Waals surface area (Å²) in [5.74, 6) is 0.526. The molecule has 32 heavy (non-hydrogen) atoms. The third kappa shape index (κ3) is 3.38. The van der Waals surface area contributed by atoms with Crippen molar-refractivity contribution in [3.05, 3.63) is 53.7 Å². The van der Waals surface area contributed by atoms with E-state index >= 15 is 0 Å². The average Bonchev–Trinajstić information content (AvgIpc) is 3.34. The number of methoxy groups -OCH3 is 3. The van der Waals surface area contributed by atoms with Crippen molar-refractivity contribution in [3.8, 4) is 17.2 Å². The van der Waals surface area contributed by atoms with E-state index in [0.717, 1.165) is 10.9 Å². The molecule has 8 heteroatoms. The first-order chi connectivity index (χ1) is 15.5. The van der Waals surface area contributed by atoms with E-state index in [1.807, 2.05) is 24.3 Å². The molecule has 3 aromatic rings. The van der Waals surface area contributed by atoms with Gasteiger partial charge in [-0.25, -0.2) is 0 Å². The van der Waals surface area contributed by atoms with Crippen LogP contribution in [-0.2, 0) is 9.59 Å². The lowest BCUT2D eigenvalue weighted by molar-refractivity contribution is -0.135. The zero-order chi connectivity index (χ0) is 22.8. The van der Waals surface area contributed by atoms with E-state index in [9.17, 15) is 9.59 Å². The van der Waals surface area contributed by atoms with Gasteiger partial charge in [-0.05, 0) is 30.8 Å². The largest absolute Gasteiger partial charge is 0.493 e. The van der Waals surface area contributed by atoms with E-state index in [0.29, 0.717) is 46.1 Å². The maximum absolute atomic E-state index is 13.5. The number of nitrogens with zero attached hydrogens (tertiary/aromatic N) is 1. The summed E-state index contributed by atoms with van der Waals surface area (Å²) in [6.45, 7) is 0.745. The van der Waals surface area contributed by atoms with Gasteiger partial charge in [0, 0.05) is 35.8 Å². The van der Waals surface area contributed by atoms with Gasteiger partial charge in [-0.1, -0.05) is 18.2 Å². The molecule has 0 bridgehead atoms. The van der Waals surface area contributed by atoms with E-state index in [1.165, 1.54) is 26.2 Å². The van der Waals surface area contributed by atoms with Crippen molar-refractivity contribution in [2.45, 2.75) is 0 Å². The van der Waals surface area contributed by atoms with Crippen LogP contribution in [0.25, 0.3) is 22.0 Å². The van der Waals surface area contributed by atoms with E-state index in [-0.39, 0.29) is 18.4 Å². The second-order valence-electron chi connectivity index (χ2n) is 7.28. The van der Waals surface area contributed by atoms with Crippen molar-refractivity contribution in [2.75, 3.05) is 41.5 Å². The number of hydrogen-bond acceptors (Lipinski definition) is 6. The van der Waals surface area contributed by atoms with Crippen LogP contribution in [-0.4, -0.2) is 63.2 Å². The highest BCUT2D eigenvalue weighted by molar-refractivity contribution is 6.49. The van der Waals surface area contributed by atoms with Gasteiger partial charge in [-0.3, -0.25) is 14.5 Å². The number of fused-ring (bicyclic) bond motifs is 1. The van der Waals surface area contributed by atoms with Crippen molar-refractivity contribution in [1.29, 1.82) is 0 Å². The van der Waals surface area contributed by atoms with Gasteiger partial charge in [0.15, 0.2) is 11.5 Å². The molecule has 0 atom stereocenters. The fourth-order valence-electron chi connectivity index (χ4n) is 4.02. The normalized spacial score (nSPS) is 13.9. The van der Waals surface area contributed by atoms with Gasteiger partial charge in [0.1, 0.15) is 0 Å². The smallest absolute Gasteiger partial charge is 0.262 e. The molecule has 2 amide bonds. The SMILES string of the molecule is CNCCN1C(=O)C(c2cc(OC)c(OC)c(OC)c2)=C(c2c[nH]c3ccccc23)C1=O. The molecule has 1 aliphatic rings. The number of aromatic nitrogens is 1. The zero-order valence-corrected chi connectivity index (χ0v) is 18.4. The van der Waals surface area contributed by atoms with Crippen LogP contribution in [0.4, 0.5) is 0 Å². The number of likely N-dealkylation sites (N-methyl/N-ethyl adjacent to an activating group) is 1. The second-order valence-corrected chi connectivity index (χ2v) is 7.28. The highest BCUT2D eigenvalue weighted by Crippen LogP contribution is 2.44. The third-order valence-electron chi connectivity index (χ3n) is 5.57. The number of carbonyl (C=O) groups excluding carboxylic acids is 2. The molecule has 0 fully saturated rings. The number of ether oxygens (including phenoxy) is 3. The van der Waals surface area contributed by atoms with E-state index in [2.05, 4.69) is 10.3 Å². The highest BCUT2D eigenvalue weighted by atomic mass is 16.5. The Balaban J connectivity index is 1.98. The molecule has 0 unspecified atom stereocenters. The van der Waals surface area contributed by atoms with Crippen LogP contribution in [0.1, 0.15) is 11.1 Å². The number of para-hydroxylation sites is 1. The first-order valence-corrected chi connectivity index (χ1v) is 10.2. The maximum Gasteiger partial charge on any atom is 0.262 e. The number of carbonyl (C=O) groups is 2. The standard InChI is InChI=1S/C24H25N3O5/c1-25-9-10-27-23(28)20(14-11-18(30-2)22(32-4)19(12-14)31-3)21(24(27)29)16-13-26-17-8-6-5-7-15(16)17/h5-8,11-13,25-26H,9-10H2,1-4H3. The van der Waals surface area contributed by atoms with Gasteiger partial charge in [0.2, 0.25) is 5.75 Å². The van der Waals surface area contributed by atoms with E-state index in [1.54, 1.807) is 25.4 Å². The number of benzene rings is 2.